The van der Waals surface area contributed by atoms with Gasteiger partial charge in [0.2, 0.25) is 0 Å². The van der Waals surface area contributed by atoms with Crippen LogP contribution in [0.2, 0.25) is 0 Å². The zero-order chi connectivity index (χ0) is 8.69. The van der Waals surface area contributed by atoms with Gasteiger partial charge in [-0.15, -0.1) is 0 Å². The zero-order valence-electron chi connectivity index (χ0n) is 6.63. The number of esters is 1. The number of halogens is 1. The minimum atomic E-state index is -0.290. The highest BCUT2D eigenvalue weighted by Gasteiger charge is 1.89. The van der Waals surface area contributed by atoms with Crippen LogP contribution in [0.3, 0.4) is 0 Å². The smallest absolute Gasteiger partial charge is 0.330 e. The first-order valence-electron chi connectivity index (χ1n) is 3.34. The Hall–Kier alpha value is -0.320. The Kier molecular flexibility index (Phi) is 6.21. The van der Waals surface area contributed by atoms with E-state index in [1.807, 2.05) is 13.0 Å². The maximum atomic E-state index is 10.7. The van der Waals surface area contributed by atoms with Gasteiger partial charge in [-0.1, -0.05) is 12.2 Å². The lowest BCUT2D eigenvalue weighted by molar-refractivity contribution is -0.137. The van der Waals surface area contributed by atoms with E-state index in [0.29, 0.717) is 6.61 Å². The highest BCUT2D eigenvalue weighted by molar-refractivity contribution is 14.1. The third-order valence-electron chi connectivity index (χ3n) is 0.845. The van der Waals surface area contributed by atoms with E-state index in [2.05, 4.69) is 27.3 Å². The highest BCUT2D eigenvalue weighted by atomic mass is 127. The monoisotopic (exact) mass is 266 g/mol. The second-order valence-electron chi connectivity index (χ2n) is 1.86. The molecule has 0 fully saturated rings. The molecule has 0 aliphatic rings. The van der Waals surface area contributed by atoms with Crippen LogP contribution in [-0.2, 0) is 9.53 Å². The van der Waals surface area contributed by atoms with E-state index in [4.69, 9.17) is 0 Å². The van der Waals surface area contributed by atoms with Crippen molar-refractivity contribution in [1.29, 1.82) is 0 Å². The van der Waals surface area contributed by atoms with Crippen molar-refractivity contribution >= 4 is 28.6 Å². The first kappa shape index (κ1) is 10.7. The summed E-state index contributed by atoms with van der Waals surface area (Å²) < 4.78 is 5.79. The molecule has 62 valence electrons. The van der Waals surface area contributed by atoms with Crippen LogP contribution in [-0.4, -0.2) is 12.6 Å². The number of carbonyl (C=O) groups is 1. The number of hydrogen-bond acceptors (Lipinski definition) is 2. The summed E-state index contributed by atoms with van der Waals surface area (Å²) >= 11 is 2.17. The number of ether oxygens (including phenoxy) is 1. The first-order valence-corrected chi connectivity index (χ1v) is 4.42. The zero-order valence-corrected chi connectivity index (χ0v) is 8.79. The van der Waals surface area contributed by atoms with E-state index >= 15 is 0 Å². The molecule has 0 atom stereocenters. The van der Waals surface area contributed by atoms with Crippen LogP contribution in [0.1, 0.15) is 13.8 Å². The van der Waals surface area contributed by atoms with Gasteiger partial charge in [0.25, 0.3) is 0 Å². The average Bonchev–Trinajstić information content (AvgIpc) is 1.87. The van der Waals surface area contributed by atoms with Gasteiger partial charge in [-0.3, -0.25) is 0 Å². The molecule has 0 aromatic rings. The Bertz CT molecular complexity index is 179. The predicted molar refractivity (Wildman–Crippen MR) is 53.6 cm³/mol. The highest BCUT2D eigenvalue weighted by Crippen LogP contribution is 2.02. The van der Waals surface area contributed by atoms with Crippen molar-refractivity contribution in [1.82, 2.24) is 0 Å². The van der Waals surface area contributed by atoms with Crippen molar-refractivity contribution in [3.63, 3.8) is 0 Å². The van der Waals surface area contributed by atoms with Gasteiger partial charge in [-0.25, -0.2) is 4.79 Å². The summed E-state index contributed by atoms with van der Waals surface area (Å²) in [6.45, 7) is 4.16. The molecule has 0 aliphatic carbocycles. The second kappa shape index (κ2) is 6.39. The molecule has 0 spiro atoms. The summed E-state index contributed by atoms with van der Waals surface area (Å²) in [5, 5.41) is 0. The summed E-state index contributed by atoms with van der Waals surface area (Å²) in [5.74, 6) is -0.290. The van der Waals surface area contributed by atoms with Crippen LogP contribution in [0, 0.1) is 0 Å². The SMILES string of the molecule is CCOC(=O)/C=C/C=C(\C)I. The molecule has 0 amide bonds. The van der Waals surface area contributed by atoms with Crippen molar-refractivity contribution in [3.8, 4) is 0 Å². The Labute approximate surface area is 80.5 Å². The normalized spacial score (nSPS) is 12.1. The Morgan fingerprint density at radius 2 is 2.27 bits per heavy atom. The van der Waals surface area contributed by atoms with Gasteiger partial charge in [0, 0.05) is 6.08 Å². The van der Waals surface area contributed by atoms with Gasteiger partial charge < -0.3 is 4.74 Å². The molecule has 2 nitrogen and oxygen atoms in total. The average molecular weight is 266 g/mol. The van der Waals surface area contributed by atoms with E-state index in [9.17, 15) is 4.79 Å². The Morgan fingerprint density at radius 1 is 1.64 bits per heavy atom. The maximum absolute atomic E-state index is 10.7. The fourth-order valence-electron chi connectivity index (χ4n) is 0.450. The van der Waals surface area contributed by atoms with E-state index in [0.717, 1.165) is 3.58 Å². The van der Waals surface area contributed by atoms with Crippen LogP contribution >= 0.6 is 22.6 Å². The third kappa shape index (κ3) is 7.58. The van der Waals surface area contributed by atoms with Gasteiger partial charge in [0.1, 0.15) is 0 Å². The third-order valence-corrected chi connectivity index (χ3v) is 1.20. The van der Waals surface area contributed by atoms with Crippen molar-refractivity contribution in [2.75, 3.05) is 6.61 Å². The quantitative estimate of drug-likeness (QED) is 0.339. The molecule has 0 saturated carbocycles. The fourth-order valence-corrected chi connectivity index (χ4v) is 0.657. The fraction of sp³-hybridized carbons (Fsp3) is 0.375. The van der Waals surface area contributed by atoms with Gasteiger partial charge in [-0.2, -0.15) is 0 Å². The molecule has 11 heavy (non-hydrogen) atoms. The summed E-state index contributed by atoms with van der Waals surface area (Å²) in [6.07, 6.45) is 4.93. The minimum Gasteiger partial charge on any atom is -0.463 e. The standard InChI is InChI=1S/C8H11IO2/c1-3-11-8(10)6-4-5-7(2)9/h4-6H,3H2,1-2H3/b6-4+,7-5+. The number of hydrogen-bond donors (Lipinski definition) is 0. The second-order valence-corrected chi connectivity index (χ2v) is 3.57. The van der Waals surface area contributed by atoms with Crippen molar-refractivity contribution in [2.45, 2.75) is 13.8 Å². The first-order chi connectivity index (χ1) is 5.16. The molecule has 0 aliphatic heterocycles. The molecule has 0 rings (SSSR count). The van der Waals surface area contributed by atoms with Crippen molar-refractivity contribution in [2.24, 2.45) is 0 Å². The van der Waals surface area contributed by atoms with Crippen molar-refractivity contribution in [3.05, 3.63) is 21.8 Å². The lowest BCUT2D eigenvalue weighted by atomic mass is 10.4. The van der Waals surface area contributed by atoms with Crippen LogP contribution in [0.5, 0.6) is 0 Å². The summed E-state index contributed by atoms with van der Waals surface area (Å²) in [7, 11) is 0. The van der Waals surface area contributed by atoms with Gasteiger partial charge in [-0.05, 0) is 40.0 Å². The molecule has 0 saturated heterocycles. The largest absolute Gasteiger partial charge is 0.463 e. The van der Waals surface area contributed by atoms with E-state index < -0.39 is 0 Å². The van der Waals surface area contributed by atoms with Crippen molar-refractivity contribution < 1.29 is 9.53 Å². The Morgan fingerprint density at radius 3 is 2.73 bits per heavy atom. The van der Waals surface area contributed by atoms with Crippen LogP contribution in [0.25, 0.3) is 0 Å². The lowest BCUT2D eigenvalue weighted by Gasteiger charge is -1.92. The molecule has 0 radical (unpaired) electrons. The predicted octanol–water partition coefficient (Wildman–Crippen LogP) is 2.44. The maximum Gasteiger partial charge on any atom is 0.330 e. The topological polar surface area (TPSA) is 26.3 Å². The molecular weight excluding hydrogens is 255 g/mol. The van der Waals surface area contributed by atoms with Gasteiger partial charge in [0.05, 0.1) is 6.61 Å². The number of allylic oxidation sites excluding steroid dienone is 3. The molecule has 0 bridgehead atoms. The van der Waals surface area contributed by atoms with E-state index in [-0.39, 0.29) is 5.97 Å². The number of rotatable bonds is 3. The number of carbonyl (C=O) groups excluding carboxylic acids is 1. The molecule has 3 heteroatoms. The van der Waals surface area contributed by atoms with Crippen LogP contribution in [0.4, 0.5) is 0 Å². The van der Waals surface area contributed by atoms with Gasteiger partial charge in [0.15, 0.2) is 0 Å². The van der Waals surface area contributed by atoms with E-state index in [1.165, 1.54) is 6.08 Å². The summed E-state index contributed by atoms with van der Waals surface area (Å²) in [5.41, 5.74) is 0. The van der Waals surface area contributed by atoms with Crippen LogP contribution < -0.4 is 0 Å². The molecule has 0 heterocycles. The molecule has 0 N–H and O–H groups in total. The summed E-state index contributed by atoms with van der Waals surface area (Å²) in [4.78, 5) is 10.7. The lowest BCUT2D eigenvalue weighted by Crippen LogP contribution is -1.98. The molecular formula is C8H11IO2. The molecule has 0 unspecified atom stereocenters. The van der Waals surface area contributed by atoms with Gasteiger partial charge >= 0.3 is 5.97 Å². The minimum absolute atomic E-state index is 0.290. The van der Waals surface area contributed by atoms with E-state index in [1.54, 1.807) is 13.0 Å². The molecule has 0 aromatic heterocycles. The van der Waals surface area contributed by atoms with Crippen LogP contribution in [0.15, 0.2) is 21.8 Å². The molecule has 0 aromatic carbocycles. The summed E-state index contributed by atoms with van der Waals surface area (Å²) in [6, 6.07) is 0. The Balaban J connectivity index is 3.74.